The minimum atomic E-state index is -3.89. The molecule has 0 saturated heterocycles. The summed E-state index contributed by atoms with van der Waals surface area (Å²) >= 11 is 12.8. The molecule has 0 spiro atoms. The number of hydrogen-bond acceptors (Lipinski definition) is 6. The molecule has 1 N–H and O–H groups in total. The predicted octanol–water partition coefficient (Wildman–Crippen LogP) is 4.21. The molecule has 2 aromatic rings. The number of ether oxygens (including phenoxy) is 2. The lowest BCUT2D eigenvalue weighted by molar-refractivity contribution is -0.140. The van der Waals surface area contributed by atoms with Gasteiger partial charge in [-0.3, -0.25) is 13.9 Å². The summed E-state index contributed by atoms with van der Waals surface area (Å²) in [6.45, 7) is 4.98. The van der Waals surface area contributed by atoms with Crippen molar-refractivity contribution in [2.24, 2.45) is 0 Å². The third-order valence-electron chi connectivity index (χ3n) is 6.10. The summed E-state index contributed by atoms with van der Waals surface area (Å²) in [4.78, 5) is 28.3. The Morgan fingerprint density at radius 1 is 1.05 bits per heavy atom. The highest BCUT2D eigenvalue weighted by atomic mass is 35.5. The normalized spacial score (nSPS) is 14.1. The van der Waals surface area contributed by atoms with Gasteiger partial charge in [0.2, 0.25) is 28.6 Å². The molecule has 2 aromatic carbocycles. The summed E-state index contributed by atoms with van der Waals surface area (Å²) in [5, 5.41) is 3.58. The summed E-state index contributed by atoms with van der Waals surface area (Å²) in [6.07, 6.45) is 2.00. The predicted molar refractivity (Wildman–Crippen MR) is 144 cm³/mol. The Morgan fingerprint density at radius 3 is 2.30 bits per heavy atom. The Kier molecular flexibility index (Phi) is 9.55. The van der Waals surface area contributed by atoms with Crippen LogP contribution in [0, 0.1) is 0 Å². The van der Waals surface area contributed by atoms with Crippen molar-refractivity contribution in [3.8, 4) is 11.5 Å². The van der Waals surface area contributed by atoms with Gasteiger partial charge >= 0.3 is 0 Å². The largest absolute Gasteiger partial charge is 0.454 e. The highest BCUT2D eigenvalue weighted by Crippen LogP contribution is 2.36. The van der Waals surface area contributed by atoms with Gasteiger partial charge in [0.15, 0.2) is 11.5 Å². The van der Waals surface area contributed by atoms with Gasteiger partial charge in [-0.05, 0) is 44.0 Å². The molecule has 0 radical (unpaired) electrons. The quantitative estimate of drug-likeness (QED) is 0.433. The fraction of sp³-hybridized carbons (Fsp3) is 0.440. The monoisotopic (exact) mass is 571 g/mol. The van der Waals surface area contributed by atoms with Crippen LogP contribution in [0.15, 0.2) is 36.4 Å². The van der Waals surface area contributed by atoms with Crippen LogP contribution in [-0.4, -0.2) is 56.8 Å². The smallest absolute Gasteiger partial charge is 0.244 e. The fourth-order valence-electron chi connectivity index (χ4n) is 3.87. The average molecular weight is 573 g/mol. The van der Waals surface area contributed by atoms with Crippen LogP contribution in [0.3, 0.4) is 0 Å². The van der Waals surface area contributed by atoms with Gasteiger partial charge in [0.05, 0.1) is 11.9 Å². The average Bonchev–Trinajstić information content (AvgIpc) is 3.31. The van der Waals surface area contributed by atoms with Crippen molar-refractivity contribution in [2.45, 2.75) is 52.2 Å². The zero-order valence-corrected chi connectivity index (χ0v) is 23.5. The molecular formula is C25H31Cl2N3O6S. The standard InChI is InChI=1S/C25H31Cl2N3O6S/c1-5-16(3)28-25(32)21(6-2)29(13-18-19(26)8-7-9-20(18)27)24(31)14-30(37(4,33)34)17-10-11-22-23(12-17)36-15-35-22/h7-12,16,21H,5-6,13-15H2,1-4H3,(H,28,32)/t16-,21+/m0/s1. The van der Waals surface area contributed by atoms with Crippen molar-refractivity contribution in [3.05, 3.63) is 52.0 Å². The Hall–Kier alpha value is -2.69. The van der Waals surface area contributed by atoms with Gasteiger partial charge in [-0.2, -0.15) is 0 Å². The molecule has 37 heavy (non-hydrogen) atoms. The third-order valence-corrected chi connectivity index (χ3v) is 7.95. The maximum atomic E-state index is 13.8. The second kappa shape index (κ2) is 12.2. The van der Waals surface area contributed by atoms with E-state index in [0.717, 1.165) is 10.6 Å². The number of carbonyl (C=O) groups is 2. The Bertz CT molecular complexity index is 1240. The third kappa shape index (κ3) is 7.00. The number of nitrogens with zero attached hydrogens (tertiary/aromatic N) is 2. The van der Waals surface area contributed by atoms with E-state index >= 15 is 0 Å². The number of carbonyl (C=O) groups excluding carboxylic acids is 2. The van der Waals surface area contributed by atoms with E-state index in [4.69, 9.17) is 32.7 Å². The van der Waals surface area contributed by atoms with E-state index in [1.807, 2.05) is 13.8 Å². The lowest BCUT2D eigenvalue weighted by Gasteiger charge is -2.33. The van der Waals surface area contributed by atoms with E-state index in [1.165, 1.54) is 17.0 Å². The summed E-state index contributed by atoms with van der Waals surface area (Å²) in [5.74, 6) is -0.0865. The minimum absolute atomic E-state index is 0.0203. The molecule has 0 saturated carbocycles. The van der Waals surface area contributed by atoms with Gasteiger partial charge in [0, 0.05) is 34.3 Å². The van der Waals surface area contributed by atoms with Crippen LogP contribution < -0.4 is 19.1 Å². The van der Waals surface area contributed by atoms with E-state index in [9.17, 15) is 18.0 Å². The first kappa shape index (κ1) is 28.9. The highest BCUT2D eigenvalue weighted by Gasteiger charge is 2.33. The molecule has 1 heterocycles. The van der Waals surface area contributed by atoms with E-state index in [-0.39, 0.29) is 31.0 Å². The minimum Gasteiger partial charge on any atom is -0.454 e. The molecule has 2 atom stereocenters. The Labute approximate surface area is 227 Å². The zero-order valence-electron chi connectivity index (χ0n) is 21.2. The van der Waals surface area contributed by atoms with Gasteiger partial charge < -0.3 is 19.7 Å². The van der Waals surface area contributed by atoms with Crippen LogP contribution in [-0.2, 0) is 26.2 Å². The van der Waals surface area contributed by atoms with Crippen molar-refractivity contribution in [2.75, 3.05) is 23.9 Å². The first-order valence-corrected chi connectivity index (χ1v) is 14.5. The number of anilines is 1. The van der Waals surface area contributed by atoms with Crippen LogP contribution >= 0.6 is 23.2 Å². The summed E-state index contributed by atoms with van der Waals surface area (Å²) < 4.78 is 37.2. The fourth-order valence-corrected chi connectivity index (χ4v) is 5.23. The molecule has 0 aromatic heterocycles. The van der Waals surface area contributed by atoms with Crippen LogP contribution in [0.25, 0.3) is 0 Å². The molecule has 9 nitrogen and oxygen atoms in total. The molecule has 1 aliphatic rings. The van der Waals surface area contributed by atoms with Gasteiger partial charge in [-0.1, -0.05) is 43.1 Å². The van der Waals surface area contributed by atoms with Gasteiger partial charge in [-0.25, -0.2) is 8.42 Å². The second-order valence-electron chi connectivity index (χ2n) is 8.77. The van der Waals surface area contributed by atoms with Gasteiger partial charge in [0.25, 0.3) is 0 Å². The maximum absolute atomic E-state index is 13.8. The molecule has 1 aliphatic heterocycles. The van der Waals surface area contributed by atoms with E-state index in [1.54, 1.807) is 31.2 Å². The molecule has 12 heteroatoms. The number of nitrogens with one attached hydrogen (secondary N) is 1. The molecule has 0 unspecified atom stereocenters. The first-order valence-electron chi connectivity index (χ1n) is 11.9. The van der Waals surface area contributed by atoms with Crippen LogP contribution in [0.5, 0.6) is 11.5 Å². The number of fused-ring (bicyclic) bond motifs is 1. The molecule has 0 aliphatic carbocycles. The van der Waals surface area contributed by atoms with Crippen molar-refractivity contribution in [3.63, 3.8) is 0 Å². The van der Waals surface area contributed by atoms with Crippen LogP contribution in [0.2, 0.25) is 10.0 Å². The van der Waals surface area contributed by atoms with E-state index < -0.39 is 28.5 Å². The molecule has 202 valence electrons. The summed E-state index contributed by atoms with van der Waals surface area (Å²) in [6, 6.07) is 8.58. The second-order valence-corrected chi connectivity index (χ2v) is 11.5. The Balaban J connectivity index is 1.99. The van der Waals surface area contributed by atoms with Crippen LogP contribution in [0.1, 0.15) is 39.2 Å². The number of rotatable bonds is 11. The summed E-state index contributed by atoms with van der Waals surface area (Å²) in [7, 11) is -3.89. The zero-order chi connectivity index (χ0) is 27.3. The topological polar surface area (TPSA) is 105 Å². The van der Waals surface area contributed by atoms with Crippen LogP contribution in [0.4, 0.5) is 5.69 Å². The van der Waals surface area contributed by atoms with Crippen molar-refractivity contribution >= 4 is 50.7 Å². The van der Waals surface area contributed by atoms with Crippen molar-refractivity contribution < 1.29 is 27.5 Å². The Morgan fingerprint density at radius 2 is 1.70 bits per heavy atom. The number of benzene rings is 2. The number of halogens is 2. The van der Waals surface area contributed by atoms with Gasteiger partial charge in [0.1, 0.15) is 12.6 Å². The number of amides is 2. The molecule has 3 rings (SSSR count). The lowest BCUT2D eigenvalue weighted by Crippen LogP contribution is -2.53. The SMILES string of the molecule is CC[C@H](C(=O)N[C@@H](C)CC)N(Cc1c(Cl)cccc1Cl)C(=O)CN(c1ccc2c(c1)OCO2)S(C)(=O)=O. The molecule has 0 fully saturated rings. The molecular weight excluding hydrogens is 541 g/mol. The van der Waals surface area contributed by atoms with Gasteiger partial charge in [-0.15, -0.1) is 0 Å². The first-order chi connectivity index (χ1) is 17.5. The molecule has 0 bridgehead atoms. The van der Waals surface area contributed by atoms with E-state index in [2.05, 4.69) is 5.32 Å². The molecule has 2 amide bonds. The lowest BCUT2D eigenvalue weighted by atomic mass is 10.1. The number of hydrogen-bond donors (Lipinski definition) is 1. The number of sulfonamides is 1. The summed E-state index contributed by atoms with van der Waals surface area (Å²) in [5.41, 5.74) is 0.691. The van der Waals surface area contributed by atoms with E-state index in [0.29, 0.717) is 39.9 Å². The van der Waals surface area contributed by atoms with Crippen molar-refractivity contribution in [1.29, 1.82) is 0 Å². The highest BCUT2D eigenvalue weighted by molar-refractivity contribution is 7.92. The maximum Gasteiger partial charge on any atom is 0.244 e. The van der Waals surface area contributed by atoms with Crippen molar-refractivity contribution in [1.82, 2.24) is 10.2 Å².